The lowest BCUT2D eigenvalue weighted by Gasteiger charge is -2.42. The van der Waals surface area contributed by atoms with Crippen molar-refractivity contribution in [3.05, 3.63) is 47.5 Å². The molecule has 0 N–H and O–H groups in total. The molecule has 0 aromatic heterocycles. The van der Waals surface area contributed by atoms with Crippen molar-refractivity contribution < 1.29 is 22.7 Å². The van der Waals surface area contributed by atoms with Crippen molar-refractivity contribution in [2.24, 2.45) is 5.92 Å². The first kappa shape index (κ1) is 16.6. The number of rotatable bonds is 4. The summed E-state index contributed by atoms with van der Waals surface area (Å²) in [4.78, 5) is 11.9. The van der Waals surface area contributed by atoms with Crippen LogP contribution in [0.15, 0.2) is 36.4 Å². The van der Waals surface area contributed by atoms with Crippen molar-refractivity contribution in [3.8, 4) is 0 Å². The van der Waals surface area contributed by atoms with Gasteiger partial charge >= 0.3 is 12.1 Å². The third-order valence-corrected chi connectivity index (χ3v) is 4.32. The largest absolute Gasteiger partial charge is 0.451 e. The van der Waals surface area contributed by atoms with Crippen LogP contribution in [0.1, 0.15) is 44.2 Å². The number of carbonyl (C=O) groups is 1. The Hall–Kier alpha value is -1.78. The first-order valence-electron chi connectivity index (χ1n) is 7.21. The smallest absolute Gasteiger partial charge is 0.416 e. The minimum absolute atomic E-state index is 0.118. The normalized spacial score (nSPS) is 18.2. The lowest BCUT2D eigenvalue weighted by atomic mass is 9.70. The standard InChI is InChI=1S/C17H19F3O2/c1-11(2)15(21)22-16(3,12-5-4-6-12)13-7-9-14(10-8-13)17(18,19)20/h7-10,12H,1,4-6H2,2-3H3. The van der Waals surface area contributed by atoms with Gasteiger partial charge in [-0.15, -0.1) is 0 Å². The van der Waals surface area contributed by atoms with Gasteiger partial charge in [0.2, 0.25) is 0 Å². The third-order valence-electron chi connectivity index (χ3n) is 4.32. The first-order chi connectivity index (χ1) is 10.1. The summed E-state index contributed by atoms with van der Waals surface area (Å²) in [6.07, 6.45) is -1.56. The highest BCUT2D eigenvalue weighted by Gasteiger charge is 2.43. The number of alkyl halides is 3. The molecule has 2 nitrogen and oxygen atoms in total. The van der Waals surface area contributed by atoms with E-state index < -0.39 is 23.3 Å². The Balaban J connectivity index is 2.33. The molecule has 1 aromatic rings. The fraction of sp³-hybridized carbons (Fsp3) is 0.471. The summed E-state index contributed by atoms with van der Waals surface area (Å²) in [6.45, 7) is 6.88. The van der Waals surface area contributed by atoms with E-state index in [4.69, 9.17) is 4.74 Å². The van der Waals surface area contributed by atoms with Gasteiger partial charge in [0.1, 0.15) is 5.60 Å². The molecule has 22 heavy (non-hydrogen) atoms. The van der Waals surface area contributed by atoms with Gasteiger partial charge in [-0.2, -0.15) is 13.2 Å². The summed E-state index contributed by atoms with van der Waals surface area (Å²) in [6, 6.07) is 4.85. The van der Waals surface area contributed by atoms with E-state index in [1.807, 2.05) is 0 Å². The summed E-state index contributed by atoms with van der Waals surface area (Å²) < 4.78 is 43.6. The second kappa shape index (κ2) is 5.78. The van der Waals surface area contributed by atoms with E-state index in [1.165, 1.54) is 12.1 Å². The van der Waals surface area contributed by atoms with Crippen LogP contribution in [0.4, 0.5) is 13.2 Å². The fourth-order valence-electron chi connectivity index (χ4n) is 2.61. The van der Waals surface area contributed by atoms with Crippen LogP contribution in [-0.4, -0.2) is 5.97 Å². The monoisotopic (exact) mass is 312 g/mol. The summed E-state index contributed by atoms with van der Waals surface area (Å²) in [5, 5.41) is 0. The highest BCUT2D eigenvalue weighted by molar-refractivity contribution is 5.87. The Bertz CT molecular complexity index is 571. The van der Waals surface area contributed by atoms with Gasteiger partial charge in [0.15, 0.2) is 0 Å². The zero-order valence-corrected chi connectivity index (χ0v) is 12.7. The van der Waals surface area contributed by atoms with Crippen LogP contribution in [0.2, 0.25) is 0 Å². The molecule has 1 fully saturated rings. The molecule has 0 radical (unpaired) electrons. The molecule has 1 aromatic carbocycles. The summed E-state index contributed by atoms with van der Waals surface area (Å²) in [5.74, 6) is -0.401. The van der Waals surface area contributed by atoms with Gasteiger partial charge < -0.3 is 4.74 Å². The predicted octanol–water partition coefficient (Wildman–Crippen LogP) is 4.84. The predicted molar refractivity (Wildman–Crippen MR) is 77.0 cm³/mol. The van der Waals surface area contributed by atoms with E-state index in [9.17, 15) is 18.0 Å². The van der Waals surface area contributed by atoms with Crippen LogP contribution in [-0.2, 0) is 21.3 Å². The lowest BCUT2D eigenvalue weighted by Crippen LogP contribution is -2.40. The molecular formula is C17H19F3O2. The van der Waals surface area contributed by atoms with E-state index in [0.29, 0.717) is 5.56 Å². The molecule has 120 valence electrons. The van der Waals surface area contributed by atoms with Gasteiger partial charge in [-0.3, -0.25) is 0 Å². The number of carbonyl (C=O) groups excluding carboxylic acids is 1. The Labute approximate surface area is 128 Å². The quantitative estimate of drug-likeness (QED) is 0.587. The second-order valence-corrected chi connectivity index (χ2v) is 5.98. The van der Waals surface area contributed by atoms with Gasteiger partial charge in [-0.1, -0.05) is 25.1 Å². The maximum atomic E-state index is 12.7. The van der Waals surface area contributed by atoms with Gasteiger partial charge in [-0.25, -0.2) is 4.79 Å². The van der Waals surface area contributed by atoms with Gasteiger partial charge in [-0.05, 0) is 44.4 Å². The van der Waals surface area contributed by atoms with Crippen LogP contribution < -0.4 is 0 Å². The molecule has 0 heterocycles. The van der Waals surface area contributed by atoms with Crippen LogP contribution >= 0.6 is 0 Å². The minimum atomic E-state index is -4.38. The van der Waals surface area contributed by atoms with Gasteiger partial charge in [0.05, 0.1) is 5.56 Å². The molecule has 2 rings (SSSR count). The van der Waals surface area contributed by atoms with Gasteiger partial charge in [0.25, 0.3) is 0 Å². The molecular weight excluding hydrogens is 293 g/mol. The Morgan fingerprint density at radius 2 is 1.68 bits per heavy atom. The highest BCUT2D eigenvalue weighted by Crippen LogP contribution is 2.45. The maximum Gasteiger partial charge on any atom is 0.416 e. The number of hydrogen-bond acceptors (Lipinski definition) is 2. The zero-order chi connectivity index (χ0) is 16.5. The highest BCUT2D eigenvalue weighted by atomic mass is 19.4. The van der Waals surface area contributed by atoms with Crippen LogP contribution in [0.5, 0.6) is 0 Å². The molecule has 1 aliphatic carbocycles. The van der Waals surface area contributed by atoms with Crippen molar-refractivity contribution >= 4 is 5.97 Å². The Morgan fingerprint density at radius 3 is 2.05 bits per heavy atom. The average molecular weight is 312 g/mol. The van der Waals surface area contributed by atoms with Crippen molar-refractivity contribution in [1.82, 2.24) is 0 Å². The first-order valence-corrected chi connectivity index (χ1v) is 7.21. The van der Waals surface area contributed by atoms with Crippen LogP contribution in [0.3, 0.4) is 0 Å². The molecule has 1 saturated carbocycles. The van der Waals surface area contributed by atoms with Crippen molar-refractivity contribution in [2.75, 3.05) is 0 Å². The SMILES string of the molecule is C=C(C)C(=O)OC(C)(c1ccc(C(F)(F)F)cc1)C1CCC1. The van der Waals surface area contributed by atoms with Gasteiger partial charge in [0, 0.05) is 11.5 Å². The number of benzene rings is 1. The zero-order valence-electron chi connectivity index (χ0n) is 12.7. The molecule has 0 aliphatic heterocycles. The number of esters is 1. The van der Waals surface area contributed by atoms with Crippen LogP contribution in [0, 0.1) is 5.92 Å². The third kappa shape index (κ3) is 3.18. The molecule has 0 saturated heterocycles. The lowest BCUT2D eigenvalue weighted by molar-refractivity contribution is -0.165. The van der Waals surface area contributed by atoms with E-state index in [-0.39, 0.29) is 11.5 Å². The van der Waals surface area contributed by atoms with Crippen LogP contribution in [0.25, 0.3) is 0 Å². The molecule has 1 aliphatic rings. The number of hydrogen-bond donors (Lipinski definition) is 0. The Morgan fingerprint density at radius 1 is 1.18 bits per heavy atom. The van der Waals surface area contributed by atoms with E-state index in [1.54, 1.807) is 13.8 Å². The molecule has 0 bridgehead atoms. The average Bonchev–Trinajstić information content (AvgIpc) is 2.35. The maximum absolute atomic E-state index is 12.7. The Kier molecular flexibility index (Phi) is 4.36. The van der Waals surface area contributed by atoms with Crippen molar-refractivity contribution in [1.29, 1.82) is 0 Å². The topological polar surface area (TPSA) is 26.3 Å². The van der Waals surface area contributed by atoms with E-state index in [2.05, 4.69) is 6.58 Å². The molecule has 1 atom stereocenters. The second-order valence-electron chi connectivity index (χ2n) is 5.98. The van der Waals surface area contributed by atoms with Crippen molar-refractivity contribution in [3.63, 3.8) is 0 Å². The number of ether oxygens (including phenoxy) is 1. The summed E-state index contributed by atoms with van der Waals surface area (Å²) in [7, 11) is 0. The molecule has 5 heteroatoms. The molecule has 0 spiro atoms. The summed E-state index contributed by atoms with van der Waals surface area (Å²) >= 11 is 0. The minimum Gasteiger partial charge on any atom is -0.451 e. The number of halogens is 3. The van der Waals surface area contributed by atoms with E-state index >= 15 is 0 Å². The van der Waals surface area contributed by atoms with Crippen molar-refractivity contribution in [2.45, 2.75) is 44.9 Å². The fourth-order valence-corrected chi connectivity index (χ4v) is 2.61. The van der Waals surface area contributed by atoms with E-state index in [0.717, 1.165) is 31.4 Å². The summed E-state index contributed by atoms with van der Waals surface area (Å²) in [5.41, 5.74) is -0.769. The molecule has 0 amide bonds. The molecule has 1 unspecified atom stereocenters.